The van der Waals surface area contributed by atoms with Crippen LogP contribution in [0.4, 0.5) is 10.9 Å². The molecule has 1 unspecified atom stereocenters. The summed E-state index contributed by atoms with van der Waals surface area (Å²) in [6.45, 7) is 9.24. The van der Waals surface area contributed by atoms with E-state index in [4.69, 9.17) is 15.2 Å². The second kappa shape index (κ2) is 10.4. The van der Waals surface area contributed by atoms with Crippen molar-refractivity contribution in [3.8, 4) is 0 Å². The number of nitrogens with zero attached hydrogens (tertiary/aromatic N) is 3. The van der Waals surface area contributed by atoms with Crippen molar-refractivity contribution in [1.82, 2.24) is 14.8 Å². The summed E-state index contributed by atoms with van der Waals surface area (Å²) >= 11 is 2.37. The number of hydrogen-bond donors (Lipinski definition) is 2. The minimum atomic E-state index is -0.789. The Hall–Kier alpha value is -2.60. The standard InChI is InChI=1S/C18H25N5O5S2/c1-6-27-12(24)8-29-18-22-21-17(19)23(18)10(4)14(25)20-15-13(16(26)28-7-2)9(3)11(5)30-15/h10H,6-8H2,1-5H3,(H2,19,21)(H,20,25). The van der Waals surface area contributed by atoms with Crippen LogP contribution in [0.2, 0.25) is 0 Å². The lowest BCUT2D eigenvalue weighted by molar-refractivity contribution is -0.139. The van der Waals surface area contributed by atoms with Crippen molar-refractivity contribution in [2.75, 3.05) is 30.0 Å². The van der Waals surface area contributed by atoms with E-state index < -0.39 is 23.9 Å². The number of amides is 1. The molecule has 164 valence electrons. The number of esters is 2. The Kier molecular flexibility index (Phi) is 8.24. The van der Waals surface area contributed by atoms with Crippen molar-refractivity contribution in [1.29, 1.82) is 0 Å². The number of ether oxygens (including phenoxy) is 2. The third-order valence-corrected chi connectivity index (χ3v) is 6.22. The third kappa shape index (κ3) is 5.30. The number of aromatic nitrogens is 3. The molecule has 0 aliphatic carbocycles. The molecular weight excluding hydrogens is 430 g/mol. The normalized spacial score (nSPS) is 11.8. The van der Waals surface area contributed by atoms with Gasteiger partial charge in [0.25, 0.3) is 0 Å². The van der Waals surface area contributed by atoms with E-state index >= 15 is 0 Å². The highest BCUT2D eigenvalue weighted by molar-refractivity contribution is 7.99. The first-order chi connectivity index (χ1) is 14.2. The SMILES string of the molecule is CCOC(=O)CSc1nnc(N)n1C(C)C(=O)Nc1sc(C)c(C)c1C(=O)OCC. The highest BCUT2D eigenvalue weighted by atomic mass is 32.2. The fourth-order valence-electron chi connectivity index (χ4n) is 2.57. The molecule has 3 N–H and O–H groups in total. The van der Waals surface area contributed by atoms with E-state index in [0.717, 1.165) is 22.2 Å². The Bertz CT molecular complexity index is 940. The van der Waals surface area contributed by atoms with E-state index in [1.165, 1.54) is 15.9 Å². The van der Waals surface area contributed by atoms with Gasteiger partial charge in [0, 0.05) is 4.88 Å². The molecule has 1 atom stereocenters. The van der Waals surface area contributed by atoms with Crippen molar-refractivity contribution in [2.45, 2.75) is 45.8 Å². The highest BCUT2D eigenvalue weighted by Gasteiger charge is 2.27. The minimum absolute atomic E-state index is 0.0105. The van der Waals surface area contributed by atoms with Crippen molar-refractivity contribution in [3.05, 3.63) is 16.0 Å². The molecule has 2 heterocycles. The molecule has 30 heavy (non-hydrogen) atoms. The Labute approximate surface area is 182 Å². The molecule has 0 saturated heterocycles. The minimum Gasteiger partial charge on any atom is -0.465 e. The molecule has 2 rings (SSSR count). The molecule has 1 amide bonds. The Morgan fingerprint density at radius 1 is 1.20 bits per heavy atom. The molecule has 0 aliphatic heterocycles. The summed E-state index contributed by atoms with van der Waals surface area (Å²) in [4.78, 5) is 37.8. The first kappa shape index (κ1) is 23.7. The lowest BCUT2D eigenvalue weighted by Gasteiger charge is -2.16. The van der Waals surface area contributed by atoms with Gasteiger partial charge in [0.05, 0.1) is 24.5 Å². The summed E-state index contributed by atoms with van der Waals surface area (Å²) < 4.78 is 11.4. The van der Waals surface area contributed by atoms with E-state index in [-0.39, 0.29) is 24.9 Å². The monoisotopic (exact) mass is 455 g/mol. The van der Waals surface area contributed by atoms with E-state index in [2.05, 4.69) is 15.5 Å². The second-order valence-electron chi connectivity index (χ2n) is 6.18. The number of anilines is 2. The number of carbonyl (C=O) groups excluding carboxylic acids is 3. The molecule has 0 spiro atoms. The number of rotatable bonds is 9. The van der Waals surface area contributed by atoms with E-state index in [0.29, 0.717) is 15.7 Å². The Morgan fingerprint density at radius 3 is 2.50 bits per heavy atom. The van der Waals surface area contributed by atoms with Crippen molar-refractivity contribution in [2.24, 2.45) is 0 Å². The number of carbonyl (C=O) groups is 3. The maximum Gasteiger partial charge on any atom is 0.341 e. The predicted octanol–water partition coefficient (Wildman–Crippen LogP) is 2.57. The van der Waals surface area contributed by atoms with Crippen LogP contribution in [0.3, 0.4) is 0 Å². The van der Waals surface area contributed by atoms with Crippen LogP contribution in [0.5, 0.6) is 0 Å². The van der Waals surface area contributed by atoms with Gasteiger partial charge < -0.3 is 20.5 Å². The smallest absolute Gasteiger partial charge is 0.341 e. The van der Waals surface area contributed by atoms with Gasteiger partial charge in [-0.15, -0.1) is 21.5 Å². The quantitative estimate of drug-likeness (QED) is 0.431. The van der Waals surface area contributed by atoms with Crippen LogP contribution < -0.4 is 11.1 Å². The molecule has 0 bridgehead atoms. The zero-order valence-corrected chi connectivity index (χ0v) is 19.1. The number of thioether (sulfide) groups is 1. The van der Waals surface area contributed by atoms with Gasteiger partial charge >= 0.3 is 11.9 Å². The topological polar surface area (TPSA) is 138 Å². The maximum atomic E-state index is 12.9. The van der Waals surface area contributed by atoms with Gasteiger partial charge in [0.2, 0.25) is 11.9 Å². The van der Waals surface area contributed by atoms with Gasteiger partial charge in [-0.1, -0.05) is 11.8 Å². The Balaban J connectivity index is 2.22. The number of hydrogen-bond acceptors (Lipinski definition) is 10. The van der Waals surface area contributed by atoms with Crippen LogP contribution in [0, 0.1) is 13.8 Å². The molecule has 0 aromatic carbocycles. The summed E-state index contributed by atoms with van der Waals surface area (Å²) in [6, 6.07) is -0.789. The molecule has 2 aromatic heterocycles. The molecule has 12 heteroatoms. The first-order valence-corrected chi connectivity index (χ1v) is 11.1. The number of thiophene rings is 1. The van der Waals surface area contributed by atoms with Crippen LogP contribution >= 0.6 is 23.1 Å². The van der Waals surface area contributed by atoms with Gasteiger partial charge in [-0.3, -0.25) is 14.2 Å². The zero-order valence-electron chi connectivity index (χ0n) is 17.5. The maximum absolute atomic E-state index is 12.9. The van der Waals surface area contributed by atoms with Gasteiger partial charge in [0.1, 0.15) is 11.0 Å². The molecule has 0 saturated carbocycles. The van der Waals surface area contributed by atoms with Crippen LogP contribution in [-0.4, -0.2) is 51.6 Å². The number of nitrogens with two attached hydrogens (primary N) is 1. The number of aryl methyl sites for hydroxylation is 1. The van der Waals surface area contributed by atoms with Crippen molar-refractivity contribution < 1.29 is 23.9 Å². The van der Waals surface area contributed by atoms with Crippen LogP contribution in [0.15, 0.2) is 5.16 Å². The predicted molar refractivity (Wildman–Crippen MR) is 115 cm³/mol. The molecule has 10 nitrogen and oxygen atoms in total. The molecular formula is C18H25N5O5S2. The largest absolute Gasteiger partial charge is 0.465 e. The van der Waals surface area contributed by atoms with Gasteiger partial charge in [-0.05, 0) is 40.2 Å². The van der Waals surface area contributed by atoms with Gasteiger partial charge in [-0.2, -0.15) is 0 Å². The Morgan fingerprint density at radius 2 is 1.87 bits per heavy atom. The lowest BCUT2D eigenvalue weighted by atomic mass is 10.1. The third-order valence-electron chi connectivity index (χ3n) is 4.18. The highest BCUT2D eigenvalue weighted by Crippen LogP contribution is 2.34. The molecule has 0 radical (unpaired) electrons. The summed E-state index contributed by atoms with van der Waals surface area (Å²) in [5.41, 5.74) is 6.99. The average Bonchev–Trinajstić information content (AvgIpc) is 3.19. The summed E-state index contributed by atoms with van der Waals surface area (Å²) in [5, 5.41) is 11.3. The van der Waals surface area contributed by atoms with E-state index in [1.54, 1.807) is 27.7 Å². The van der Waals surface area contributed by atoms with E-state index in [9.17, 15) is 14.4 Å². The summed E-state index contributed by atoms with van der Waals surface area (Å²) in [5.74, 6) is -1.26. The van der Waals surface area contributed by atoms with Crippen LogP contribution in [0.1, 0.15) is 47.6 Å². The summed E-state index contributed by atoms with van der Waals surface area (Å²) in [7, 11) is 0. The zero-order chi connectivity index (χ0) is 22.4. The van der Waals surface area contributed by atoms with Crippen molar-refractivity contribution in [3.63, 3.8) is 0 Å². The van der Waals surface area contributed by atoms with Gasteiger partial charge in [0.15, 0.2) is 5.16 Å². The molecule has 0 fully saturated rings. The number of nitrogen functional groups attached to an aromatic ring is 1. The van der Waals surface area contributed by atoms with E-state index in [1.807, 2.05) is 6.92 Å². The molecule has 2 aromatic rings. The average molecular weight is 456 g/mol. The van der Waals surface area contributed by atoms with Crippen LogP contribution in [-0.2, 0) is 19.1 Å². The first-order valence-electron chi connectivity index (χ1n) is 9.27. The summed E-state index contributed by atoms with van der Waals surface area (Å²) in [6.07, 6.45) is 0. The number of nitrogens with one attached hydrogen (secondary N) is 1. The lowest BCUT2D eigenvalue weighted by Crippen LogP contribution is -2.26. The van der Waals surface area contributed by atoms with Gasteiger partial charge in [-0.25, -0.2) is 4.79 Å². The fraction of sp³-hybridized carbons (Fsp3) is 0.500. The van der Waals surface area contributed by atoms with Crippen molar-refractivity contribution >= 4 is 51.9 Å². The van der Waals surface area contributed by atoms with Crippen LogP contribution in [0.25, 0.3) is 0 Å². The second-order valence-corrected chi connectivity index (χ2v) is 8.34. The molecule has 0 aliphatic rings. The fourth-order valence-corrected chi connectivity index (χ4v) is 4.45.